The second-order valence-corrected chi connectivity index (χ2v) is 10.9. The zero-order chi connectivity index (χ0) is 25.2. The van der Waals surface area contributed by atoms with Crippen LogP contribution in [0, 0.1) is 5.92 Å². The molecular weight excluding hydrogens is 484 g/mol. The third kappa shape index (κ3) is 5.54. The van der Waals surface area contributed by atoms with Crippen LogP contribution in [0.25, 0.3) is 5.57 Å². The fraction of sp³-hybridized carbons (Fsp3) is 0.387. The zero-order valence-electron chi connectivity index (χ0n) is 21.0. The fourth-order valence-electron chi connectivity index (χ4n) is 5.33. The molecule has 0 bridgehead atoms. The topological polar surface area (TPSA) is 54.8 Å². The minimum absolute atomic E-state index is 0.457. The molecule has 1 aliphatic carbocycles. The number of aromatic nitrogens is 1. The number of piperidine rings is 1. The Kier molecular flexibility index (Phi) is 6.94. The zero-order valence-corrected chi connectivity index (χ0v) is 21.8. The number of hydrogen-bond acceptors (Lipinski definition) is 5. The standard InChI is InChI=1S/C31H33ClN2O3/c32-24-9-7-23(8-10-24)31(35)13-17-34(18-14-31)16-2-4-26-27-3-1-15-33-29(27)21-37-30-12-11-25(19-28(26)30)36-20-22-5-6-22/h1,3-4,7-12,15,19,22,35H,2,5-6,13-14,16-18,20-21H2/b26-4+. The van der Waals surface area contributed by atoms with E-state index in [0.717, 1.165) is 85.0 Å². The quantitative estimate of drug-likeness (QED) is 0.404. The van der Waals surface area contributed by atoms with Crippen molar-refractivity contribution >= 4 is 17.2 Å². The Bertz CT molecular complexity index is 1280. The summed E-state index contributed by atoms with van der Waals surface area (Å²) >= 11 is 6.04. The van der Waals surface area contributed by atoms with Crippen LogP contribution in [0.1, 0.15) is 54.5 Å². The summed E-state index contributed by atoms with van der Waals surface area (Å²) in [6.07, 6.45) is 9.02. The molecule has 5 nitrogen and oxygen atoms in total. The average molecular weight is 517 g/mol. The molecule has 1 N–H and O–H groups in total. The Morgan fingerprint density at radius 3 is 2.68 bits per heavy atom. The van der Waals surface area contributed by atoms with E-state index in [1.807, 2.05) is 48.7 Å². The molecule has 0 atom stereocenters. The van der Waals surface area contributed by atoms with E-state index >= 15 is 0 Å². The van der Waals surface area contributed by atoms with Gasteiger partial charge in [-0.3, -0.25) is 4.98 Å². The van der Waals surface area contributed by atoms with Gasteiger partial charge in [0.05, 0.1) is 17.9 Å². The first kappa shape index (κ1) is 24.5. The summed E-state index contributed by atoms with van der Waals surface area (Å²) in [5.74, 6) is 2.47. The predicted octanol–water partition coefficient (Wildman–Crippen LogP) is 6.22. The van der Waals surface area contributed by atoms with Crippen molar-refractivity contribution in [3.05, 3.63) is 94.3 Å². The molecular formula is C31H33ClN2O3. The minimum Gasteiger partial charge on any atom is -0.493 e. The molecule has 0 unspecified atom stereocenters. The van der Waals surface area contributed by atoms with E-state index in [1.54, 1.807) is 0 Å². The molecule has 3 aliphatic rings. The fourth-order valence-corrected chi connectivity index (χ4v) is 5.46. The van der Waals surface area contributed by atoms with Crippen LogP contribution in [0.3, 0.4) is 0 Å². The summed E-state index contributed by atoms with van der Waals surface area (Å²) in [5.41, 5.74) is 4.47. The summed E-state index contributed by atoms with van der Waals surface area (Å²) in [4.78, 5) is 7.05. The Balaban J connectivity index is 1.17. The SMILES string of the molecule is OC1(c2ccc(Cl)cc2)CCN(CC/C=C2/c3cc(OCC4CC4)ccc3OCc3ncccc32)CC1. The highest BCUT2D eigenvalue weighted by Gasteiger charge is 2.33. The second-order valence-electron chi connectivity index (χ2n) is 10.5. The van der Waals surface area contributed by atoms with Crippen molar-refractivity contribution in [2.75, 3.05) is 26.2 Å². The number of hydrogen-bond donors (Lipinski definition) is 1. The maximum Gasteiger partial charge on any atom is 0.131 e. The number of benzene rings is 2. The van der Waals surface area contributed by atoms with Crippen molar-refractivity contribution in [2.45, 2.75) is 44.3 Å². The van der Waals surface area contributed by atoms with Crippen LogP contribution in [0.5, 0.6) is 11.5 Å². The van der Waals surface area contributed by atoms with Crippen LogP contribution in [-0.4, -0.2) is 41.2 Å². The number of likely N-dealkylation sites (tertiary alicyclic amines) is 1. The van der Waals surface area contributed by atoms with Gasteiger partial charge in [-0.25, -0.2) is 0 Å². The lowest BCUT2D eigenvalue weighted by Crippen LogP contribution is -2.42. The molecule has 0 spiro atoms. The first-order chi connectivity index (χ1) is 18.1. The summed E-state index contributed by atoms with van der Waals surface area (Å²) in [6, 6.07) is 17.9. The number of fused-ring (bicyclic) bond motifs is 2. The van der Waals surface area contributed by atoms with Gasteiger partial charge in [-0.1, -0.05) is 35.9 Å². The summed E-state index contributed by atoms with van der Waals surface area (Å²) in [5, 5.41) is 11.9. The Morgan fingerprint density at radius 1 is 1.08 bits per heavy atom. The number of rotatable bonds is 7. The van der Waals surface area contributed by atoms with Crippen LogP contribution in [0.4, 0.5) is 0 Å². The van der Waals surface area contributed by atoms with Gasteiger partial charge in [0.1, 0.15) is 18.1 Å². The van der Waals surface area contributed by atoms with E-state index in [4.69, 9.17) is 21.1 Å². The Labute approximate surface area is 223 Å². The lowest BCUT2D eigenvalue weighted by Gasteiger charge is -2.38. The van der Waals surface area contributed by atoms with Gasteiger partial charge in [-0.2, -0.15) is 0 Å². The average Bonchev–Trinajstić information content (AvgIpc) is 3.76. The molecule has 3 heterocycles. The first-order valence-electron chi connectivity index (χ1n) is 13.3. The van der Waals surface area contributed by atoms with Crippen molar-refractivity contribution in [3.63, 3.8) is 0 Å². The van der Waals surface area contributed by atoms with Gasteiger partial charge in [0.25, 0.3) is 0 Å². The molecule has 192 valence electrons. The summed E-state index contributed by atoms with van der Waals surface area (Å²) in [6.45, 7) is 3.90. The van der Waals surface area contributed by atoms with E-state index in [1.165, 1.54) is 12.8 Å². The van der Waals surface area contributed by atoms with Gasteiger partial charge in [0.2, 0.25) is 0 Å². The van der Waals surface area contributed by atoms with E-state index in [0.29, 0.717) is 17.5 Å². The van der Waals surface area contributed by atoms with Crippen molar-refractivity contribution in [1.82, 2.24) is 9.88 Å². The largest absolute Gasteiger partial charge is 0.493 e. The maximum absolute atomic E-state index is 11.2. The molecule has 3 aromatic rings. The molecule has 2 aromatic carbocycles. The highest BCUT2D eigenvalue weighted by Crippen LogP contribution is 2.39. The number of pyridine rings is 1. The lowest BCUT2D eigenvalue weighted by atomic mass is 9.84. The number of halogens is 1. The third-order valence-electron chi connectivity index (χ3n) is 7.83. The minimum atomic E-state index is -0.779. The molecule has 0 radical (unpaired) electrons. The van der Waals surface area contributed by atoms with E-state index in [-0.39, 0.29) is 0 Å². The van der Waals surface area contributed by atoms with E-state index in [9.17, 15) is 5.11 Å². The molecule has 6 heteroatoms. The molecule has 2 fully saturated rings. The van der Waals surface area contributed by atoms with Crippen LogP contribution in [0.2, 0.25) is 5.02 Å². The second kappa shape index (κ2) is 10.5. The molecule has 37 heavy (non-hydrogen) atoms. The van der Waals surface area contributed by atoms with Gasteiger partial charge < -0.3 is 19.5 Å². The highest BCUT2D eigenvalue weighted by atomic mass is 35.5. The molecule has 6 rings (SSSR count). The van der Waals surface area contributed by atoms with E-state index < -0.39 is 5.60 Å². The number of nitrogens with zero attached hydrogens (tertiary/aromatic N) is 2. The van der Waals surface area contributed by atoms with Gasteiger partial charge in [-0.15, -0.1) is 0 Å². The maximum atomic E-state index is 11.2. The highest BCUT2D eigenvalue weighted by molar-refractivity contribution is 6.30. The van der Waals surface area contributed by atoms with Crippen molar-refractivity contribution < 1.29 is 14.6 Å². The molecule has 1 saturated heterocycles. The van der Waals surface area contributed by atoms with Gasteiger partial charge >= 0.3 is 0 Å². The van der Waals surface area contributed by atoms with Gasteiger partial charge in [0, 0.05) is 42.0 Å². The molecule has 1 aromatic heterocycles. The van der Waals surface area contributed by atoms with E-state index in [2.05, 4.69) is 28.1 Å². The van der Waals surface area contributed by atoms with Crippen molar-refractivity contribution in [2.24, 2.45) is 5.92 Å². The number of aliphatic hydroxyl groups is 1. The van der Waals surface area contributed by atoms with Gasteiger partial charge in [-0.05, 0) is 85.6 Å². The molecule has 1 saturated carbocycles. The van der Waals surface area contributed by atoms with Crippen molar-refractivity contribution in [3.8, 4) is 11.5 Å². The van der Waals surface area contributed by atoms with Crippen molar-refractivity contribution in [1.29, 1.82) is 0 Å². The molecule has 2 aliphatic heterocycles. The van der Waals surface area contributed by atoms with Crippen LogP contribution in [-0.2, 0) is 12.2 Å². The molecule has 0 amide bonds. The summed E-state index contributed by atoms with van der Waals surface area (Å²) < 4.78 is 12.3. The van der Waals surface area contributed by atoms with Gasteiger partial charge in [0.15, 0.2) is 0 Å². The smallest absolute Gasteiger partial charge is 0.131 e. The van der Waals surface area contributed by atoms with Crippen LogP contribution >= 0.6 is 11.6 Å². The lowest BCUT2D eigenvalue weighted by molar-refractivity contribution is -0.0254. The van der Waals surface area contributed by atoms with Crippen LogP contribution < -0.4 is 9.47 Å². The first-order valence-corrected chi connectivity index (χ1v) is 13.7. The monoisotopic (exact) mass is 516 g/mol. The van der Waals surface area contributed by atoms with Crippen LogP contribution in [0.15, 0.2) is 66.9 Å². The Morgan fingerprint density at radius 2 is 1.89 bits per heavy atom. The summed E-state index contributed by atoms with van der Waals surface area (Å²) in [7, 11) is 0. The third-order valence-corrected chi connectivity index (χ3v) is 8.08. The Hall–Kier alpha value is -2.86. The predicted molar refractivity (Wildman–Crippen MR) is 146 cm³/mol. The normalized spacial score (nSPS) is 20.0. The number of ether oxygens (including phenoxy) is 2.